The third-order valence-corrected chi connectivity index (χ3v) is 4.05. The summed E-state index contributed by atoms with van der Waals surface area (Å²) in [5, 5.41) is 11.1. The maximum Gasteiger partial charge on any atom is 0.286 e. The van der Waals surface area contributed by atoms with Gasteiger partial charge in [-0.15, -0.1) is 0 Å². The van der Waals surface area contributed by atoms with E-state index in [2.05, 4.69) is 4.99 Å². The first-order chi connectivity index (χ1) is 10.9. The van der Waals surface area contributed by atoms with Crippen molar-refractivity contribution in [3.05, 3.63) is 56.7 Å². The van der Waals surface area contributed by atoms with Crippen molar-refractivity contribution in [1.29, 1.82) is 0 Å². The van der Waals surface area contributed by atoms with E-state index in [0.717, 1.165) is 17.3 Å². The van der Waals surface area contributed by atoms with Gasteiger partial charge in [0.15, 0.2) is 5.17 Å². The first-order valence-electron chi connectivity index (χ1n) is 6.57. The van der Waals surface area contributed by atoms with Crippen molar-refractivity contribution in [2.75, 3.05) is 0 Å². The Morgan fingerprint density at radius 3 is 2.78 bits per heavy atom. The maximum atomic E-state index is 11.6. The summed E-state index contributed by atoms with van der Waals surface area (Å²) in [5.41, 5.74) is 6.96. The number of aliphatic imine (C=N–C) groups is 1. The number of non-ortho nitro benzene ring substituents is 1. The molecule has 1 aliphatic heterocycles. The van der Waals surface area contributed by atoms with Gasteiger partial charge < -0.3 is 10.2 Å². The average molecular weight is 329 g/mol. The number of hydrogen-bond donors (Lipinski definition) is 1. The van der Waals surface area contributed by atoms with Gasteiger partial charge in [-0.2, -0.15) is 4.99 Å². The minimum absolute atomic E-state index is 0.00963. The molecule has 0 saturated carbocycles. The highest BCUT2D eigenvalue weighted by Crippen LogP contribution is 2.31. The Kier molecular flexibility index (Phi) is 3.75. The largest absolute Gasteiger partial charge is 0.457 e. The number of furan rings is 1. The van der Waals surface area contributed by atoms with E-state index in [-0.39, 0.29) is 10.9 Å². The monoisotopic (exact) mass is 329 g/mol. The Morgan fingerprint density at radius 2 is 2.13 bits per heavy atom. The van der Waals surface area contributed by atoms with E-state index in [1.165, 1.54) is 12.1 Å². The molecule has 0 unspecified atom stereocenters. The van der Waals surface area contributed by atoms with Gasteiger partial charge in [0.1, 0.15) is 11.5 Å². The molecule has 0 fully saturated rings. The van der Waals surface area contributed by atoms with Crippen LogP contribution in [0.25, 0.3) is 17.4 Å². The molecule has 116 valence electrons. The number of nitrogens with two attached hydrogens (primary N) is 1. The predicted molar refractivity (Wildman–Crippen MR) is 87.7 cm³/mol. The number of benzene rings is 1. The summed E-state index contributed by atoms with van der Waals surface area (Å²) in [6.07, 6.45) is 1.55. The summed E-state index contributed by atoms with van der Waals surface area (Å²) in [7, 11) is 0. The molecule has 0 atom stereocenters. The number of thioether (sulfide) groups is 1. The molecular weight excluding hydrogens is 318 g/mol. The molecule has 7 nitrogen and oxygen atoms in total. The molecule has 0 saturated heterocycles. The highest BCUT2D eigenvalue weighted by Gasteiger charge is 2.20. The molecule has 2 heterocycles. The van der Waals surface area contributed by atoms with Crippen molar-refractivity contribution in [3.63, 3.8) is 0 Å². The Bertz CT molecular complexity index is 883. The minimum atomic E-state index is -0.456. The molecule has 1 aromatic heterocycles. The zero-order chi connectivity index (χ0) is 16.6. The van der Waals surface area contributed by atoms with Gasteiger partial charge >= 0.3 is 0 Å². The lowest BCUT2D eigenvalue weighted by molar-refractivity contribution is -0.384. The number of nitro benzene ring substituents is 1. The normalized spacial score (nSPS) is 16.0. The lowest BCUT2D eigenvalue weighted by Crippen LogP contribution is -2.01. The van der Waals surface area contributed by atoms with Crippen molar-refractivity contribution in [3.8, 4) is 11.3 Å². The molecule has 8 heteroatoms. The van der Waals surface area contributed by atoms with Crippen molar-refractivity contribution < 1.29 is 14.1 Å². The minimum Gasteiger partial charge on any atom is -0.457 e. The lowest BCUT2D eigenvalue weighted by Gasteiger charge is -2.02. The maximum absolute atomic E-state index is 11.6. The van der Waals surface area contributed by atoms with Crippen LogP contribution in [0, 0.1) is 17.0 Å². The lowest BCUT2D eigenvalue weighted by atomic mass is 10.1. The topological polar surface area (TPSA) is 112 Å². The van der Waals surface area contributed by atoms with Gasteiger partial charge in [-0.05, 0) is 36.4 Å². The summed E-state index contributed by atoms with van der Waals surface area (Å²) in [6, 6.07) is 7.95. The van der Waals surface area contributed by atoms with Crippen molar-refractivity contribution in [1.82, 2.24) is 0 Å². The molecule has 3 rings (SSSR count). The van der Waals surface area contributed by atoms with E-state index >= 15 is 0 Å². The number of nitro groups is 1. The van der Waals surface area contributed by atoms with E-state index in [1.807, 2.05) is 6.92 Å². The molecule has 2 N–H and O–H groups in total. The van der Waals surface area contributed by atoms with Crippen LogP contribution >= 0.6 is 11.8 Å². The van der Waals surface area contributed by atoms with Crippen LogP contribution in [0.4, 0.5) is 5.69 Å². The molecule has 23 heavy (non-hydrogen) atoms. The first-order valence-corrected chi connectivity index (χ1v) is 7.39. The Labute approximate surface area is 135 Å². The van der Waals surface area contributed by atoms with Gasteiger partial charge in [-0.25, -0.2) is 0 Å². The predicted octanol–water partition coefficient (Wildman–Crippen LogP) is 3.09. The van der Waals surface area contributed by atoms with Crippen LogP contribution in [0.15, 0.2) is 44.6 Å². The summed E-state index contributed by atoms with van der Waals surface area (Å²) < 4.78 is 5.67. The Hall–Kier alpha value is -2.87. The molecule has 0 spiro atoms. The third kappa shape index (κ3) is 3.02. The summed E-state index contributed by atoms with van der Waals surface area (Å²) in [6.45, 7) is 1.84. The van der Waals surface area contributed by atoms with Gasteiger partial charge in [0.2, 0.25) is 0 Å². The van der Waals surface area contributed by atoms with Gasteiger partial charge in [0.25, 0.3) is 11.6 Å². The Morgan fingerprint density at radius 1 is 1.35 bits per heavy atom. The fourth-order valence-electron chi connectivity index (χ4n) is 2.12. The average Bonchev–Trinajstić information content (AvgIpc) is 3.06. The molecule has 2 aromatic rings. The van der Waals surface area contributed by atoms with Crippen LogP contribution in [0.3, 0.4) is 0 Å². The second kappa shape index (κ2) is 5.73. The zero-order valence-corrected chi connectivity index (χ0v) is 12.8. The van der Waals surface area contributed by atoms with Crippen LogP contribution in [0.2, 0.25) is 0 Å². The van der Waals surface area contributed by atoms with Crippen molar-refractivity contribution in [2.24, 2.45) is 10.7 Å². The summed E-state index contributed by atoms with van der Waals surface area (Å²) in [5.74, 6) is 0.533. The van der Waals surface area contributed by atoms with Crippen molar-refractivity contribution in [2.45, 2.75) is 6.92 Å². The fraction of sp³-hybridized carbons (Fsp3) is 0.0667. The summed E-state index contributed by atoms with van der Waals surface area (Å²) >= 11 is 1.07. The number of rotatable bonds is 3. The Balaban J connectivity index is 1.94. The highest BCUT2D eigenvalue weighted by molar-refractivity contribution is 8.18. The SMILES string of the molecule is Cc1ccc([N+](=O)[O-])cc1-c1ccc(/C=C2/SC(N)=NC2=O)o1. The van der Waals surface area contributed by atoms with Crippen molar-refractivity contribution >= 4 is 34.6 Å². The quantitative estimate of drug-likeness (QED) is 0.526. The smallest absolute Gasteiger partial charge is 0.286 e. The van der Waals surface area contributed by atoms with E-state index in [0.29, 0.717) is 22.0 Å². The van der Waals surface area contributed by atoms with Crippen LogP contribution in [-0.4, -0.2) is 16.0 Å². The third-order valence-electron chi connectivity index (χ3n) is 3.23. The number of amides is 1. The summed E-state index contributed by atoms with van der Waals surface area (Å²) in [4.78, 5) is 26.0. The molecule has 1 aromatic carbocycles. The number of amidine groups is 1. The second-order valence-corrected chi connectivity index (χ2v) is 5.89. The molecule has 1 amide bonds. The molecule has 0 bridgehead atoms. The highest BCUT2D eigenvalue weighted by atomic mass is 32.2. The van der Waals surface area contributed by atoms with E-state index in [4.69, 9.17) is 10.2 Å². The van der Waals surface area contributed by atoms with Crippen LogP contribution < -0.4 is 5.73 Å². The molecule has 1 aliphatic rings. The van der Waals surface area contributed by atoms with Crippen LogP contribution in [0.1, 0.15) is 11.3 Å². The first kappa shape index (κ1) is 15.0. The number of hydrogen-bond acceptors (Lipinski definition) is 6. The van der Waals surface area contributed by atoms with Gasteiger partial charge in [0.05, 0.1) is 9.83 Å². The van der Waals surface area contributed by atoms with Crippen LogP contribution in [0.5, 0.6) is 0 Å². The molecule has 0 radical (unpaired) electrons. The van der Waals surface area contributed by atoms with Gasteiger partial charge in [0, 0.05) is 23.8 Å². The van der Waals surface area contributed by atoms with Gasteiger partial charge in [-0.1, -0.05) is 6.07 Å². The number of carbonyl (C=O) groups excluding carboxylic acids is 1. The fourth-order valence-corrected chi connectivity index (χ4v) is 2.78. The zero-order valence-electron chi connectivity index (χ0n) is 12.0. The van der Waals surface area contributed by atoms with E-state index < -0.39 is 10.8 Å². The standard InChI is InChI=1S/C15H11N3O4S/c1-8-2-3-9(18(20)21)6-11(8)12-5-4-10(22-12)7-13-14(19)17-15(16)23-13/h2-7H,1H3,(H2,16,17,19)/b13-7+. The molecular formula is C15H11N3O4S. The van der Waals surface area contributed by atoms with E-state index in [1.54, 1.807) is 24.3 Å². The van der Waals surface area contributed by atoms with Crippen LogP contribution in [-0.2, 0) is 4.79 Å². The number of aryl methyl sites for hydroxylation is 1. The van der Waals surface area contributed by atoms with E-state index in [9.17, 15) is 14.9 Å². The number of nitrogens with zero attached hydrogens (tertiary/aromatic N) is 2. The van der Waals surface area contributed by atoms with Gasteiger partial charge in [-0.3, -0.25) is 14.9 Å². The number of carbonyl (C=O) groups is 1. The molecule has 0 aliphatic carbocycles. The second-order valence-electron chi connectivity index (χ2n) is 4.82.